The van der Waals surface area contributed by atoms with Crippen molar-refractivity contribution in [2.24, 2.45) is 5.73 Å². The van der Waals surface area contributed by atoms with Crippen LogP contribution in [0.5, 0.6) is 0 Å². The number of anilines is 1. The highest BCUT2D eigenvalue weighted by Crippen LogP contribution is 2.12. The molecular formula is C15H26BrN3O. The normalized spacial score (nSPS) is 10.2. The van der Waals surface area contributed by atoms with Crippen LogP contribution < -0.4 is 10.6 Å². The summed E-state index contributed by atoms with van der Waals surface area (Å²) in [4.78, 5) is 15.5. The molecule has 2 amide bonds. The number of unbranched alkanes of at least 4 members (excludes halogenated alkanes) is 1. The lowest BCUT2D eigenvalue weighted by Gasteiger charge is -2.26. The van der Waals surface area contributed by atoms with Gasteiger partial charge in [-0.15, -0.1) is 17.0 Å². The summed E-state index contributed by atoms with van der Waals surface area (Å²) < 4.78 is 0. The van der Waals surface area contributed by atoms with Crippen molar-refractivity contribution in [1.82, 2.24) is 4.90 Å². The van der Waals surface area contributed by atoms with E-state index in [9.17, 15) is 4.79 Å². The average Bonchev–Trinajstić information content (AvgIpc) is 2.43. The highest BCUT2D eigenvalue weighted by atomic mass is 79.9. The monoisotopic (exact) mass is 343 g/mol. The molecule has 5 heteroatoms. The molecule has 0 aliphatic carbocycles. The Hall–Kier alpha value is -1.07. The minimum atomic E-state index is -0.391. The Bertz CT molecular complexity index is 373. The zero-order valence-corrected chi connectivity index (χ0v) is 14.1. The van der Waals surface area contributed by atoms with Crippen LogP contribution in [0.3, 0.4) is 0 Å². The molecule has 0 heterocycles. The van der Waals surface area contributed by atoms with E-state index in [1.807, 2.05) is 30.3 Å². The van der Waals surface area contributed by atoms with E-state index in [4.69, 9.17) is 5.73 Å². The number of rotatable bonds is 8. The zero-order chi connectivity index (χ0) is 14.1. The van der Waals surface area contributed by atoms with Crippen LogP contribution >= 0.6 is 17.0 Å². The fraction of sp³-hybridized carbons (Fsp3) is 0.533. The molecule has 0 fully saturated rings. The highest BCUT2D eigenvalue weighted by molar-refractivity contribution is 8.93. The maximum absolute atomic E-state index is 11.5. The number of para-hydroxylation sites is 1. The SMILES string of the molecule is Br.CCCCN(CC)CCN(C(N)=O)c1ccccc1. The van der Waals surface area contributed by atoms with Gasteiger partial charge in [-0.1, -0.05) is 38.5 Å². The van der Waals surface area contributed by atoms with E-state index in [2.05, 4.69) is 18.7 Å². The lowest BCUT2D eigenvalue weighted by atomic mass is 10.3. The van der Waals surface area contributed by atoms with Gasteiger partial charge in [-0.2, -0.15) is 0 Å². The number of benzene rings is 1. The fourth-order valence-electron chi connectivity index (χ4n) is 2.03. The lowest BCUT2D eigenvalue weighted by molar-refractivity contribution is 0.250. The molecule has 0 bridgehead atoms. The van der Waals surface area contributed by atoms with Gasteiger partial charge in [0, 0.05) is 18.8 Å². The number of amides is 2. The first-order chi connectivity index (χ1) is 9.19. The maximum atomic E-state index is 11.5. The van der Waals surface area contributed by atoms with Crippen molar-refractivity contribution in [3.8, 4) is 0 Å². The summed E-state index contributed by atoms with van der Waals surface area (Å²) in [7, 11) is 0. The number of nitrogens with two attached hydrogens (primary N) is 1. The van der Waals surface area contributed by atoms with Gasteiger partial charge in [0.2, 0.25) is 0 Å². The number of hydrogen-bond donors (Lipinski definition) is 1. The molecule has 0 aliphatic rings. The van der Waals surface area contributed by atoms with Gasteiger partial charge in [-0.05, 0) is 31.6 Å². The third-order valence-corrected chi connectivity index (χ3v) is 3.25. The molecule has 114 valence electrons. The number of halogens is 1. The molecule has 0 unspecified atom stereocenters. The molecule has 1 aromatic carbocycles. The number of urea groups is 1. The number of hydrogen-bond acceptors (Lipinski definition) is 2. The number of nitrogens with zero attached hydrogens (tertiary/aromatic N) is 2. The van der Waals surface area contributed by atoms with Crippen molar-refractivity contribution in [2.45, 2.75) is 26.7 Å². The molecule has 0 aliphatic heterocycles. The van der Waals surface area contributed by atoms with Gasteiger partial charge >= 0.3 is 6.03 Å². The molecule has 20 heavy (non-hydrogen) atoms. The van der Waals surface area contributed by atoms with Gasteiger partial charge in [-0.25, -0.2) is 4.79 Å². The van der Waals surface area contributed by atoms with Gasteiger partial charge in [0.05, 0.1) is 0 Å². The Morgan fingerprint density at radius 1 is 1.10 bits per heavy atom. The van der Waals surface area contributed by atoms with Gasteiger partial charge in [0.15, 0.2) is 0 Å². The largest absolute Gasteiger partial charge is 0.351 e. The molecule has 0 spiro atoms. The van der Waals surface area contributed by atoms with Crippen LogP contribution in [0.25, 0.3) is 0 Å². The minimum absolute atomic E-state index is 0. The van der Waals surface area contributed by atoms with Gasteiger partial charge in [0.1, 0.15) is 0 Å². The minimum Gasteiger partial charge on any atom is -0.351 e. The summed E-state index contributed by atoms with van der Waals surface area (Å²) in [5, 5.41) is 0. The number of likely N-dealkylation sites (N-methyl/N-ethyl adjacent to an activating group) is 1. The summed E-state index contributed by atoms with van der Waals surface area (Å²) in [5.74, 6) is 0. The first kappa shape index (κ1) is 18.9. The highest BCUT2D eigenvalue weighted by Gasteiger charge is 2.13. The summed E-state index contributed by atoms with van der Waals surface area (Å²) in [6.45, 7) is 7.90. The molecular weight excluding hydrogens is 318 g/mol. The first-order valence-electron chi connectivity index (χ1n) is 7.03. The average molecular weight is 344 g/mol. The van der Waals surface area contributed by atoms with E-state index in [-0.39, 0.29) is 17.0 Å². The van der Waals surface area contributed by atoms with Crippen molar-refractivity contribution in [1.29, 1.82) is 0 Å². The van der Waals surface area contributed by atoms with E-state index in [0.717, 1.165) is 25.3 Å². The van der Waals surface area contributed by atoms with Crippen molar-refractivity contribution >= 4 is 28.7 Å². The van der Waals surface area contributed by atoms with Crippen molar-refractivity contribution in [3.05, 3.63) is 30.3 Å². The molecule has 0 saturated carbocycles. The Kier molecular flexibility index (Phi) is 10.1. The number of primary amides is 1. The maximum Gasteiger partial charge on any atom is 0.319 e. The van der Waals surface area contributed by atoms with Crippen molar-refractivity contribution in [2.75, 3.05) is 31.1 Å². The van der Waals surface area contributed by atoms with Gasteiger partial charge in [-0.3, -0.25) is 4.90 Å². The third kappa shape index (κ3) is 6.39. The van der Waals surface area contributed by atoms with Crippen molar-refractivity contribution in [3.63, 3.8) is 0 Å². The van der Waals surface area contributed by atoms with Crippen LogP contribution in [0.15, 0.2) is 30.3 Å². The molecule has 0 saturated heterocycles. The predicted molar refractivity (Wildman–Crippen MR) is 90.7 cm³/mol. The smallest absolute Gasteiger partial charge is 0.319 e. The molecule has 1 aromatic rings. The molecule has 0 radical (unpaired) electrons. The van der Waals surface area contributed by atoms with E-state index in [1.165, 1.54) is 12.8 Å². The van der Waals surface area contributed by atoms with Gasteiger partial charge in [0.25, 0.3) is 0 Å². The van der Waals surface area contributed by atoms with Crippen LogP contribution in [0.1, 0.15) is 26.7 Å². The molecule has 1 rings (SSSR count). The van der Waals surface area contributed by atoms with Crippen LogP contribution in [-0.4, -0.2) is 37.1 Å². The third-order valence-electron chi connectivity index (χ3n) is 3.25. The summed E-state index contributed by atoms with van der Waals surface area (Å²) >= 11 is 0. The van der Waals surface area contributed by atoms with E-state index < -0.39 is 6.03 Å². The van der Waals surface area contributed by atoms with E-state index >= 15 is 0 Å². The quantitative estimate of drug-likeness (QED) is 0.787. The molecule has 2 N–H and O–H groups in total. The lowest BCUT2D eigenvalue weighted by Crippen LogP contribution is -2.41. The Labute approximate surface area is 132 Å². The van der Waals surface area contributed by atoms with Crippen LogP contribution in [0.4, 0.5) is 10.5 Å². The summed E-state index contributed by atoms with van der Waals surface area (Å²) in [6, 6.07) is 9.19. The number of carbonyl (C=O) groups excluding carboxylic acids is 1. The van der Waals surface area contributed by atoms with E-state index in [0.29, 0.717) is 6.54 Å². The Morgan fingerprint density at radius 3 is 2.25 bits per heavy atom. The number of carbonyl (C=O) groups is 1. The standard InChI is InChI=1S/C15H25N3O.BrH/c1-3-5-11-17(4-2)12-13-18(15(16)19)14-9-7-6-8-10-14;/h6-10H,3-5,11-13H2,1-2H3,(H2,16,19);1H. The van der Waals surface area contributed by atoms with Crippen LogP contribution in [0.2, 0.25) is 0 Å². The second-order valence-electron chi connectivity index (χ2n) is 4.61. The van der Waals surface area contributed by atoms with Crippen LogP contribution in [-0.2, 0) is 0 Å². The van der Waals surface area contributed by atoms with Crippen LogP contribution in [0, 0.1) is 0 Å². The second-order valence-corrected chi connectivity index (χ2v) is 4.61. The summed E-state index contributed by atoms with van der Waals surface area (Å²) in [5.41, 5.74) is 6.33. The zero-order valence-electron chi connectivity index (χ0n) is 12.4. The molecule has 0 aromatic heterocycles. The topological polar surface area (TPSA) is 49.6 Å². The predicted octanol–water partition coefficient (Wildman–Crippen LogP) is 3.27. The Balaban J connectivity index is 0.00000361. The Morgan fingerprint density at radius 2 is 1.75 bits per heavy atom. The second kappa shape index (κ2) is 10.7. The molecule has 4 nitrogen and oxygen atoms in total. The fourth-order valence-corrected chi connectivity index (χ4v) is 2.03. The van der Waals surface area contributed by atoms with Gasteiger partial charge < -0.3 is 10.6 Å². The molecule has 0 atom stereocenters. The van der Waals surface area contributed by atoms with Crippen molar-refractivity contribution < 1.29 is 4.79 Å². The van der Waals surface area contributed by atoms with E-state index in [1.54, 1.807) is 4.90 Å². The first-order valence-corrected chi connectivity index (χ1v) is 7.03. The summed E-state index contributed by atoms with van der Waals surface area (Å²) in [6.07, 6.45) is 2.38.